The fourth-order valence-corrected chi connectivity index (χ4v) is 6.92. The van der Waals surface area contributed by atoms with Crippen LogP contribution in [-0.4, -0.2) is 19.6 Å². The number of thiocarbonyl (C=S) groups is 1. The number of halogens is 3. The number of aryl methyl sites for hydroxylation is 1. The highest BCUT2D eigenvalue weighted by Crippen LogP contribution is 2.45. The van der Waals surface area contributed by atoms with Gasteiger partial charge in [-0.05, 0) is 98.4 Å². The molecule has 0 aliphatic carbocycles. The lowest BCUT2D eigenvalue weighted by atomic mass is 9.96. The minimum atomic E-state index is -4.52. The number of para-hydroxylation sites is 1. The first-order valence-electron chi connectivity index (χ1n) is 13.9. The Morgan fingerprint density at radius 1 is 0.933 bits per heavy atom. The van der Waals surface area contributed by atoms with E-state index >= 15 is 0 Å². The van der Waals surface area contributed by atoms with E-state index in [1.54, 1.807) is 35.9 Å². The fourth-order valence-electron chi connectivity index (χ4n) is 5.76. The van der Waals surface area contributed by atoms with Crippen molar-refractivity contribution in [3.05, 3.63) is 142 Å². The van der Waals surface area contributed by atoms with E-state index < -0.39 is 22.7 Å². The Hall–Kier alpha value is -4.68. The molecule has 45 heavy (non-hydrogen) atoms. The zero-order valence-electron chi connectivity index (χ0n) is 24.0. The van der Waals surface area contributed by atoms with Crippen LogP contribution < -0.4 is 10.2 Å². The molecule has 0 spiro atoms. The Morgan fingerprint density at radius 2 is 1.58 bits per heavy atom. The van der Waals surface area contributed by atoms with E-state index in [0.29, 0.717) is 16.5 Å². The molecule has 0 amide bonds. The molecule has 2 unspecified atom stereocenters. The molecule has 0 radical (unpaired) electrons. The molecule has 1 saturated heterocycles. The van der Waals surface area contributed by atoms with Crippen molar-refractivity contribution in [2.75, 3.05) is 4.90 Å². The predicted octanol–water partition coefficient (Wildman–Crippen LogP) is 8.74. The van der Waals surface area contributed by atoms with Gasteiger partial charge in [-0.15, -0.1) is 0 Å². The summed E-state index contributed by atoms with van der Waals surface area (Å²) in [7, 11) is 0. The molecule has 1 fully saturated rings. The first kappa shape index (κ1) is 30.4. The van der Waals surface area contributed by atoms with Crippen LogP contribution in [0.5, 0.6) is 0 Å². The van der Waals surface area contributed by atoms with Crippen molar-refractivity contribution in [1.29, 1.82) is 0 Å². The molecule has 3 aromatic carbocycles. The first-order chi connectivity index (χ1) is 21.5. The standard InChI is InChI=1S/C33H26F3N5O2S2/c1-20-19-26(21(2)39(20)29-9-4-3-7-27(29)33(34,35)36)31-30(28-8-5-6-18-37-28)38-32(44)40(31)22-10-14-24(15-11-22)45-25-16-12-23(13-17-25)41(42)43/h3-19,30-31H,1-2H3,(H,38,44). The second-order valence-corrected chi connectivity index (χ2v) is 12.1. The Bertz CT molecular complexity index is 1880. The number of hydrogen-bond donors (Lipinski definition) is 1. The maximum absolute atomic E-state index is 14.1. The molecule has 5 aromatic rings. The third-order valence-electron chi connectivity index (χ3n) is 7.74. The van der Waals surface area contributed by atoms with Gasteiger partial charge < -0.3 is 14.8 Å². The molecule has 2 atom stereocenters. The third-order valence-corrected chi connectivity index (χ3v) is 9.07. The molecule has 228 valence electrons. The minimum Gasteiger partial charge on any atom is -0.351 e. The van der Waals surface area contributed by atoms with Crippen LogP contribution in [0, 0.1) is 24.0 Å². The van der Waals surface area contributed by atoms with Gasteiger partial charge in [-0.25, -0.2) is 0 Å². The highest BCUT2D eigenvalue weighted by molar-refractivity contribution is 7.99. The van der Waals surface area contributed by atoms with Crippen molar-refractivity contribution in [3.63, 3.8) is 0 Å². The van der Waals surface area contributed by atoms with Crippen molar-refractivity contribution in [2.45, 2.75) is 41.9 Å². The smallest absolute Gasteiger partial charge is 0.351 e. The van der Waals surface area contributed by atoms with Gasteiger partial charge in [-0.3, -0.25) is 15.1 Å². The summed E-state index contributed by atoms with van der Waals surface area (Å²) in [6.07, 6.45) is -2.82. The molecule has 1 aliphatic heterocycles. The van der Waals surface area contributed by atoms with Crippen molar-refractivity contribution in [2.24, 2.45) is 0 Å². The molecule has 1 N–H and O–H groups in total. The molecule has 2 aromatic heterocycles. The number of nitrogens with one attached hydrogen (secondary N) is 1. The lowest BCUT2D eigenvalue weighted by molar-refractivity contribution is -0.384. The highest BCUT2D eigenvalue weighted by atomic mass is 32.2. The summed E-state index contributed by atoms with van der Waals surface area (Å²) in [5.41, 5.74) is 3.06. The van der Waals surface area contributed by atoms with E-state index in [-0.39, 0.29) is 17.4 Å². The summed E-state index contributed by atoms with van der Waals surface area (Å²) in [5, 5.41) is 14.9. The van der Waals surface area contributed by atoms with Gasteiger partial charge in [0.15, 0.2) is 5.11 Å². The average molecular weight is 646 g/mol. The summed E-state index contributed by atoms with van der Waals surface area (Å²) in [4.78, 5) is 18.9. The molecule has 7 nitrogen and oxygen atoms in total. The van der Waals surface area contributed by atoms with Crippen LogP contribution in [0.2, 0.25) is 0 Å². The summed E-state index contributed by atoms with van der Waals surface area (Å²) in [6, 6.07) is 26.4. The number of nitro benzene ring substituents is 1. The van der Waals surface area contributed by atoms with Crippen molar-refractivity contribution >= 4 is 40.5 Å². The lowest BCUT2D eigenvalue weighted by Crippen LogP contribution is -2.29. The number of non-ortho nitro benzene ring substituents is 1. The van der Waals surface area contributed by atoms with E-state index in [2.05, 4.69) is 10.3 Å². The number of alkyl halides is 3. The maximum Gasteiger partial charge on any atom is 0.418 e. The zero-order chi connectivity index (χ0) is 31.9. The number of benzene rings is 3. The number of anilines is 1. The molecule has 6 rings (SSSR count). The van der Waals surface area contributed by atoms with Gasteiger partial charge in [-0.1, -0.05) is 30.0 Å². The number of nitro groups is 1. The van der Waals surface area contributed by atoms with Crippen LogP contribution in [-0.2, 0) is 6.18 Å². The van der Waals surface area contributed by atoms with E-state index in [4.69, 9.17) is 12.2 Å². The third kappa shape index (κ3) is 5.90. The van der Waals surface area contributed by atoms with Gasteiger partial charge in [0.1, 0.15) is 0 Å². The molecule has 0 bridgehead atoms. The maximum atomic E-state index is 14.1. The van der Waals surface area contributed by atoms with Gasteiger partial charge in [0.2, 0.25) is 0 Å². The van der Waals surface area contributed by atoms with Gasteiger partial charge in [0.05, 0.1) is 34.0 Å². The van der Waals surface area contributed by atoms with Crippen LogP contribution in [0.25, 0.3) is 5.69 Å². The number of rotatable bonds is 7. The number of pyridine rings is 1. The monoisotopic (exact) mass is 645 g/mol. The van der Waals surface area contributed by atoms with Crippen molar-refractivity contribution in [1.82, 2.24) is 14.9 Å². The number of aromatic nitrogens is 2. The average Bonchev–Trinajstić information content (AvgIpc) is 3.52. The molecule has 1 aliphatic rings. The first-order valence-corrected chi connectivity index (χ1v) is 15.1. The Balaban J connectivity index is 1.40. The van der Waals surface area contributed by atoms with Crippen LogP contribution in [0.1, 0.15) is 40.3 Å². The van der Waals surface area contributed by atoms with Crippen LogP contribution in [0.3, 0.4) is 0 Å². The molecule has 12 heteroatoms. The van der Waals surface area contributed by atoms with E-state index in [1.165, 1.54) is 36.0 Å². The molecular formula is C33H26F3N5O2S2. The summed E-state index contributed by atoms with van der Waals surface area (Å²) in [5.74, 6) is 0. The molecular weight excluding hydrogens is 620 g/mol. The quantitative estimate of drug-likeness (QED) is 0.108. The minimum absolute atomic E-state index is 0.0273. The predicted molar refractivity (Wildman–Crippen MR) is 172 cm³/mol. The van der Waals surface area contributed by atoms with Gasteiger partial charge >= 0.3 is 6.18 Å². The molecule has 3 heterocycles. The second kappa shape index (κ2) is 12.0. The second-order valence-electron chi connectivity index (χ2n) is 10.5. The number of hydrogen-bond acceptors (Lipinski definition) is 5. The topological polar surface area (TPSA) is 76.2 Å². The lowest BCUT2D eigenvalue weighted by Gasteiger charge is -2.28. The zero-order valence-corrected chi connectivity index (χ0v) is 25.7. The van der Waals surface area contributed by atoms with Gasteiger partial charge in [0, 0.05) is 45.2 Å². The number of nitrogens with zero attached hydrogens (tertiary/aromatic N) is 4. The van der Waals surface area contributed by atoms with Crippen LogP contribution in [0.4, 0.5) is 24.5 Å². The van der Waals surface area contributed by atoms with Crippen LogP contribution in [0.15, 0.2) is 113 Å². The summed E-state index contributed by atoms with van der Waals surface area (Å²) < 4.78 is 43.8. The SMILES string of the molecule is Cc1cc(C2C(c3ccccn3)NC(=S)N2c2ccc(Sc3ccc([N+](=O)[O-])cc3)cc2)c(C)n1-c1ccccc1C(F)(F)F. The van der Waals surface area contributed by atoms with Crippen molar-refractivity contribution in [3.8, 4) is 5.69 Å². The summed E-state index contributed by atoms with van der Waals surface area (Å²) in [6.45, 7) is 3.63. The van der Waals surface area contributed by atoms with Crippen molar-refractivity contribution < 1.29 is 18.1 Å². The van der Waals surface area contributed by atoms with Crippen LogP contribution >= 0.6 is 24.0 Å². The van der Waals surface area contributed by atoms with E-state index in [0.717, 1.165) is 32.8 Å². The largest absolute Gasteiger partial charge is 0.418 e. The molecule has 0 saturated carbocycles. The Morgan fingerprint density at radius 3 is 2.20 bits per heavy atom. The normalized spacial score (nSPS) is 16.6. The Kier molecular flexibility index (Phi) is 8.10. The van der Waals surface area contributed by atoms with Gasteiger partial charge in [-0.2, -0.15) is 13.2 Å². The highest BCUT2D eigenvalue weighted by Gasteiger charge is 2.43. The summed E-state index contributed by atoms with van der Waals surface area (Å²) >= 11 is 7.33. The van der Waals surface area contributed by atoms with E-state index in [1.807, 2.05) is 60.4 Å². The Labute approximate surface area is 266 Å². The fraction of sp³-hybridized carbons (Fsp3) is 0.152. The van der Waals surface area contributed by atoms with Gasteiger partial charge in [0.25, 0.3) is 5.69 Å². The van der Waals surface area contributed by atoms with E-state index in [9.17, 15) is 23.3 Å².